The van der Waals surface area contributed by atoms with Crippen LogP contribution in [-0.2, 0) is 14.4 Å². The van der Waals surface area contributed by atoms with Crippen molar-refractivity contribution in [1.82, 2.24) is 10.4 Å². The average Bonchev–Trinajstić information content (AvgIpc) is 2.51. The van der Waals surface area contributed by atoms with Crippen molar-refractivity contribution < 1.29 is 14.4 Å². The van der Waals surface area contributed by atoms with Crippen LogP contribution in [0.25, 0.3) is 0 Å². The molecule has 0 aromatic rings. The lowest BCUT2D eigenvalue weighted by Crippen LogP contribution is -2.43. The summed E-state index contributed by atoms with van der Waals surface area (Å²) in [6.07, 6.45) is 1.63. The van der Waals surface area contributed by atoms with E-state index in [0.717, 1.165) is 12.8 Å². The van der Waals surface area contributed by atoms with Crippen LogP contribution in [-0.4, -0.2) is 36.1 Å². The van der Waals surface area contributed by atoms with Gasteiger partial charge in [-0.05, 0) is 19.8 Å². The molecular formula is C9H16N2O3. The van der Waals surface area contributed by atoms with E-state index in [1.807, 2.05) is 6.92 Å². The molecule has 1 aliphatic rings. The van der Waals surface area contributed by atoms with Crippen LogP contribution >= 0.6 is 0 Å². The maximum atomic E-state index is 11.5. The summed E-state index contributed by atoms with van der Waals surface area (Å²) in [6, 6.07) is -0.307. The second-order valence-corrected chi connectivity index (χ2v) is 3.28. The van der Waals surface area contributed by atoms with Gasteiger partial charge in [-0.25, -0.2) is 0 Å². The molecule has 0 unspecified atom stereocenters. The van der Waals surface area contributed by atoms with Crippen LogP contribution in [0.4, 0.5) is 0 Å². The number of hydroxylamine groups is 2. The molecule has 1 aliphatic heterocycles. The van der Waals surface area contributed by atoms with Crippen LogP contribution in [0.2, 0.25) is 0 Å². The Morgan fingerprint density at radius 3 is 2.86 bits per heavy atom. The first-order chi connectivity index (χ1) is 6.65. The van der Waals surface area contributed by atoms with Gasteiger partial charge in [-0.15, -0.1) is 5.06 Å². The highest BCUT2D eigenvalue weighted by Crippen LogP contribution is 2.17. The van der Waals surface area contributed by atoms with E-state index in [1.165, 1.54) is 12.0 Å². The number of amides is 1. The fourth-order valence-corrected chi connectivity index (χ4v) is 1.57. The summed E-state index contributed by atoms with van der Waals surface area (Å²) in [4.78, 5) is 27.1. The molecule has 1 saturated heterocycles. The summed E-state index contributed by atoms with van der Waals surface area (Å²) in [6.45, 7) is 4.45. The van der Waals surface area contributed by atoms with E-state index in [4.69, 9.17) is 4.84 Å². The minimum absolute atomic E-state index is 0.0637. The molecule has 5 nitrogen and oxygen atoms in total. The van der Waals surface area contributed by atoms with Gasteiger partial charge < -0.3 is 10.2 Å². The minimum atomic E-state index is -0.374. The fourth-order valence-electron chi connectivity index (χ4n) is 1.57. The smallest absolute Gasteiger partial charge is 0.322 e. The van der Waals surface area contributed by atoms with Gasteiger partial charge in [0, 0.05) is 20.0 Å². The van der Waals surface area contributed by atoms with Crippen LogP contribution in [0.15, 0.2) is 0 Å². The van der Waals surface area contributed by atoms with Crippen molar-refractivity contribution in [2.45, 2.75) is 32.7 Å². The topological polar surface area (TPSA) is 58.6 Å². The van der Waals surface area contributed by atoms with Gasteiger partial charge in [0.25, 0.3) is 0 Å². The third-order valence-electron chi connectivity index (χ3n) is 2.10. The Labute approximate surface area is 83.4 Å². The highest BCUT2D eigenvalue weighted by Gasteiger charge is 2.32. The Bertz CT molecular complexity index is 230. The van der Waals surface area contributed by atoms with Gasteiger partial charge in [0.1, 0.15) is 6.04 Å². The predicted octanol–water partition coefficient (Wildman–Crippen LogP) is 0.0650. The molecule has 1 rings (SSSR count). The van der Waals surface area contributed by atoms with Gasteiger partial charge in [-0.3, -0.25) is 9.59 Å². The predicted molar refractivity (Wildman–Crippen MR) is 50.2 cm³/mol. The molecule has 1 amide bonds. The van der Waals surface area contributed by atoms with Crippen molar-refractivity contribution in [1.29, 1.82) is 0 Å². The molecule has 1 fully saturated rings. The second-order valence-electron chi connectivity index (χ2n) is 3.28. The van der Waals surface area contributed by atoms with Gasteiger partial charge in [0.2, 0.25) is 5.91 Å². The largest absolute Gasteiger partial charge is 0.368 e. The fraction of sp³-hybridized carbons (Fsp3) is 0.778. The Morgan fingerprint density at radius 1 is 1.57 bits per heavy atom. The SMILES string of the molecule is CCNC(=O)[C@@H]1CCCN1OC(C)=O. The lowest BCUT2D eigenvalue weighted by atomic mass is 10.2. The summed E-state index contributed by atoms with van der Waals surface area (Å²) >= 11 is 0. The van der Waals surface area contributed by atoms with E-state index < -0.39 is 0 Å². The highest BCUT2D eigenvalue weighted by atomic mass is 16.7. The van der Waals surface area contributed by atoms with E-state index in [1.54, 1.807) is 0 Å². The summed E-state index contributed by atoms with van der Waals surface area (Å²) in [5.41, 5.74) is 0. The van der Waals surface area contributed by atoms with E-state index in [2.05, 4.69) is 5.32 Å². The van der Waals surface area contributed by atoms with Crippen LogP contribution in [0, 0.1) is 0 Å². The maximum Gasteiger partial charge on any atom is 0.322 e. The molecular weight excluding hydrogens is 184 g/mol. The number of hydrogen-bond donors (Lipinski definition) is 1. The molecule has 0 bridgehead atoms. The molecule has 0 aromatic heterocycles. The quantitative estimate of drug-likeness (QED) is 0.700. The zero-order valence-corrected chi connectivity index (χ0v) is 8.58. The van der Waals surface area contributed by atoms with E-state index in [9.17, 15) is 9.59 Å². The third-order valence-corrected chi connectivity index (χ3v) is 2.10. The van der Waals surface area contributed by atoms with E-state index in [0.29, 0.717) is 13.1 Å². The number of nitrogens with zero attached hydrogens (tertiary/aromatic N) is 1. The minimum Gasteiger partial charge on any atom is -0.368 e. The van der Waals surface area contributed by atoms with Crippen LogP contribution in [0.3, 0.4) is 0 Å². The number of hydrogen-bond acceptors (Lipinski definition) is 4. The highest BCUT2D eigenvalue weighted by molar-refractivity contribution is 5.82. The monoisotopic (exact) mass is 200 g/mol. The Morgan fingerprint density at radius 2 is 2.29 bits per heavy atom. The van der Waals surface area contributed by atoms with Gasteiger partial charge in [0.05, 0.1) is 0 Å². The van der Waals surface area contributed by atoms with E-state index >= 15 is 0 Å². The number of nitrogens with one attached hydrogen (secondary N) is 1. The lowest BCUT2D eigenvalue weighted by Gasteiger charge is -2.21. The first kappa shape index (κ1) is 11.0. The average molecular weight is 200 g/mol. The van der Waals surface area contributed by atoms with Crippen molar-refractivity contribution in [2.24, 2.45) is 0 Å². The van der Waals surface area contributed by atoms with Crippen molar-refractivity contribution in [3.63, 3.8) is 0 Å². The molecule has 0 aromatic carbocycles. The third kappa shape index (κ3) is 2.70. The number of likely N-dealkylation sites (N-methyl/N-ethyl adjacent to an activating group) is 1. The summed E-state index contributed by atoms with van der Waals surface area (Å²) < 4.78 is 0. The van der Waals surface area contributed by atoms with Gasteiger partial charge in [-0.2, -0.15) is 0 Å². The molecule has 1 N–H and O–H groups in total. The van der Waals surface area contributed by atoms with Crippen molar-refractivity contribution in [2.75, 3.05) is 13.1 Å². The first-order valence-electron chi connectivity index (χ1n) is 4.88. The molecule has 1 atom stereocenters. The molecule has 0 saturated carbocycles. The molecule has 5 heteroatoms. The lowest BCUT2D eigenvalue weighted by molar-refractivity contribution is -0.192. The van der Waals surface area contributed by atoms with Gasteiger partial charge >= 0.3 is 5.97 Å². The maximum absolute atomic E-state index is 11.5. The normalized spacial score (nSPS) is 22.0. The van der Waals surface area contributed by atoms with E-state index in [-0.39, 0.29) is 17.9 Å². The van der Waals surface area contributed by atoms with Crippen LogP contribution < -0.4 is 5.32 Å². The Balaban J connectivity index is 2.50. The van der Waals surface area contributed by atoms with Crippen LogP contribution in [0.5, 0.6) is 0 Å². The zero-order valence-electron chi connectivity index (χ0n) is 8.58. The molecule has 0 radical (unpaired) electrons. The summed E-state index contributed by atoms with van der Waals surface area (Å²) in [5.74, 6) is -0.438. The molecule has 80 valence electrons. The number of carbonyl (C=O) groups is 2. The zero-order chi connectivity index (χ0) is 10.6. The molecule has 0 spiro atoms. The van der Waals surface area contributed by atoms with Crippen molar-refractivity contribution in [3.8, 4) is 0 Å². The van der Waals surface area contributed by atoms with Crippen LogP contribution in [0.1, 0.15) is 26.7 Å². The molecule has 14 heavy (non-hydrogen) atoms. The molecule has 1 heterocycles. The summed E-state index contributed by atoms with van der Waals surface area (Å²) in [7, 11) is 0. The van der Waals surface area contributed by atoms with Gasteiger partial charge in [-0.1, -0.05) is 0 Å². The Hall–Kier alpha value is -1.10. The van der Waals surface area contributed by atoms with Crippen molar-refractivity contribution in [3.05, 3.63) is 0 Å². The number of carbonyl (C=O) groups excluding carboxylic acids is 2. The number of rotatable bonds is 3. The standard InChI is InChI=1S/C9H16N2O3/c1-3-10-9(13)8-5-4-6-11(8)14-7(2)12/h8H,3-6H2,1-2H3,(H,10,13)/t8-/m0/s1. The van der Waals surface area contributed by atoms with Crippen molar-refractivity contribution >= 4 is 11.9 Å². The second kappa shape index (κ2) is 4.95. The summed E-state index contributed by atoms with van der Waals surface area (Å²) in [5, 5.41) is 4.18. The Kier molecular flexibility index (Phi) is 3.88. The van der Waals surface area contributed by atoms with Gasteiger partial charge in [0.15, 0.2) is 0 Å². The molecule has 0 aliphatic carbocycles. The first-order valence-corrected chi connectivity index (χ1v) is 4.88.